The summed E-state index contributed by atoms with van der Waals surface area (Å²) in [7, 11) is 0. The smallest absolute Gasteiger partial charge is 0.198 e. The third-order valence-corrected chi connectivity index (χ3v) is 3.66. The second kappa shape index (κ2) is 1.60. The molecule has 1 aliphatic heterocycles. The first kappa shape index (κ1) is 5.84. The number of nitrogens with one attached hydrogen (secondary N) is 1. The van der Waals surface area contributed by atoms with Crippen LogP contribution in [0.4, 0.5) is 0 Å². The number of ketones is 1. The summed E-state index contributed by atoms with van der Waals surface area (Å²) in [4.78, 5) is 10.4. The maximum Gasteiger partial charge on any atom is 0.198 e. The predicted octanol–water partition coefficient (Wildman–Crippen LogP) is 0.916. The van der Waals surface area contributed by atoms with E-state index in [9.17, 15) is 4.79 Å². The average Bonchev–Trinajstić information content (AvgIpc) is 2.21. The van der Waals surface area contributed by atoms with Gasteiger partial charge in [-0.15, -0.1) is 0 Å². The Labute approximate surface area is 59.7 Å². The first-order valence-electron chi connectivity index (χ1n) is 1.80. The predicted molar refractivity (Wildman–Crippen MR) is 38.2 cm³/mol. The van der Waals surface area contributed by atoms with E-state index in [2.05, 4.69) is 27.3 Å². The van der Waals surface area contributed by atoms with Crippen molar-refractivity contribution in [3.05, 3.63) is 0 Å². The molecule has 1 unspecified atom stereocenters. The molecular formula is C3H4INOS. The van der Waals surface area contributed by atoms with Crippen LogP contribution in [0.1, 0.15) is 6.92 Å². The molecule has 1 fully saturated rings. The molecule has 0 bridgehead atoms. The lowest BCUT2D eigenvalue weighted by Gasteiger charge is -1.89. The number of carbonyl (C=O) groups excluding carboxylic acids is 1. The van der Waals surface area contributed by atoms with Gasteiger partial charge in [0, 0.05) is 0 Å². The first-order chi connectivity index (χ1) is 3.15. The Balaban J connectivity index is 2.55. The molecule has 0 radical (unpaired) electrons. The van der Waals surface area contributed by atoms with Crippen LogP contribution in [0.3, 0.4) is 0 Å². The van der Waals surface area contributed by atoms with Gasteiger partial charge in [0.25, 0.3) is 0 Å². The molecule has 1 rings (SSSR count). The highest BCUT2D eigenvalue weighted by molar-refractivity contribution is 14.1. The van der Waals surface area contributed by atoms with Crippen LogP contribution in [-0.4, -0.2) is 8.66 Å². The molecule has 1 N–H and O–H groups in total. The average molecular weight is 229 g/mol. The number of halogens is 1. The molecule has 7 heavy (non-hydrogen) atoms. The van der Waals surface area contributed by atoms with E-state index >= 15 is 0 Å². The highest BCUT2D eigenvalue weighted by Gasteiger charge is 2.46. The van der Waals surface area contributed by atoms with Crippen LogP contribution in [0.5, 0.6) is 0 Å². The zero-order chi connectivity index (χ0) is 5.49. The van der Waals surface area contributed by atoms with Gasteiger partial charge in [-0.25, -0.2) is 4.72 Å². The third-order valence-electron chi connectivity index (χ3n) is 0.734. The molecule has 40 valence electrons. The summed E-state index contributed by atoms with van der Waals surface area (Å²) in [5.41, 5.74) is 0. The fourth-order valence-electron chi connectivity index (χ4n) is 0.189. The van der Waals surface area contributed by atoms with Crippen molar-refractivity contribution >= 4 is 40.3 Å². The van der Waals surface area contributed by atoms with Gasteiger partial charge in [-0.2, -0.15) is 0 Å². The van der Waals surface area contributed by atoms with Crippen molar-refractivity contribution in [3.8, 4) is 0 Å². The number of hydrogen-bond acceptors (Lipinski definition) is 3. The van der Waals surface area contributed by atoms with Crippen molar-refractivity contribution in [3.63, 3.8) is 0 Å². The highest BCUT2D eigenvalue weighted by atomic mass is 127. The van der Waals surface area contributed by atoms with Crippen LogP contribution in [0.25, 0.3) is 0 Å². The highest BCUT2D eigenvalue weighted by Crippen LogP contribution is 2.43. The maximum absolute atomic E-state index is 10.4. The van der Waals surface area contributed by atoms with Gasteiger partial charge in [0.2, 0.25) is 0 Å². The Hall–Kier alpha value is 0.710. The minimum atomic E-state index is -0.252. The van der Waals surface area contributed by atoms with Gasteiger partial charge in [0.15, 0.2) is 8.66 Å². The molecule has 0 aromatic carbocycles. The molecule has 1 aliphatic rings. The van der Waals surface area contributed by atoms with Crippen molar-refractivity contribution in [1.29, 1.82) is 0 Å². The molecule has 2 nitrogen and oxygen atoms in total. The van der Waals surface area contributed by atoms with Crippen molar-refractivity contribution in [2.75, 3.05) is 0 Å². The normalized spacial score (nSPS) is 38.0. The number of Topliss-reactive ketones (excluding diaryl/α,β-unsaturated/α-hetero) is 1. The number of alkyl halides is 1. The topological polar surface area (TPSA) is 39.0 Å². The van der Waals surface area contributed by atoms with Crippen LogP contribution < -0.4 is 4.72 Å². The molecule has 0 aromatic heterocycles. The standard InChI is InChI=1S/C3H4INOS/c1-2(6)3(4)5-7-3/h5H,1H3. The summed E-state index contributed by atoms with van der Waals surface area (Å²) in [6.45, 7) is 1.58. The quantitative estimate of drug-likeness (QED) is 0.239. The fourth-order valence-corrected chi connectivity index (χ4v) is 0.896. The van der Waals surface area contributed by atoms with Crippen LogP contribution in [0.15, 0.2) is 0 Å². The van der Waals surface area contributed by atoms with E-state index in [1.54, 1.807) is 6.92 Å². The Kier molecular flexibility index (Phi) is 1.33. The van der Waals surface area contributed by atoms with E-state index in [0.717, 1.165) is 0 Å². The second-order valence-electron chi connectivity index (χ2n) is 1.36. The van der Waals surface area contributed by atoms with Gasteiger partial charge in [-0.3, -0.25) is 4.79 Å². The fraction of sp³-hybridized carbons (Fsp3) is 0.667. The molecule has 4 heteroatoms. The van der Waals surface area contributed by atoms with Crippen molar-refractivity contribution in [2.24, 2.45) is 0 Å². The van der Waals surface area contributed by atoms with Gasteiger partial charge >= 0.3 is 0 Å². The number of hydrogen-bond donors (Lipinski definition) is 1. The minimum absolute atomic E-state index is 0.193. The molecule has 0 saturated carbocycles. The van der Waals surface area contributed by atoms with E-state index in [1.807, 2.05) is 0 Å². The minimum Gasteiger partial charge on any atom is -0.296 e. The van der Waals surface area contributed by atoms with E-state index < -0.39 is 0 Å². The molecule has 0 amide bonds. The molecule has 1 saturated heterocycles. The summed E-state index contributed by atoms with van der Waals surface area (Å²) >= 11 is 3.55. The van der Waals surface area contributed by atoms with Crippen LogP contribution in [-0.2, 0) is 4.79 Å². The van der Waals surface area contributed by atoms with Crippen LogP contribution in [0.2, 0.25) is 0 Å². The SMILES string of the molecule is CC(=O)C1(I)NS1. The first-order valence-corrected chi connectivity index (χ1v) is 3.70. The summed E-state index contributed by atoms with van der Waals surface area (Å²) in [6, 6.07) is 0. The van der Waals surface area contributed by atoms with Gasteiger partial charge in [0.05, 0.1) is 0 Å². The largest absolute Gasteiger partial charge is 0.296 e. The van der Waals surface area contributed by atoms with E-state index in [4.69, 9.17) is 0 Å². The Morgan fingerprint density at radius 1 is 2.00 bits per heavy atom. The summed E-state index contributed by atoms with van der Waals surface area (Å²) in [5, 5.41) is 0. The van der Waals surface area contributed by atoms with Gasteiger partial charge in [-0.1, -0.05) is 0 Å². The molecule has 1 heterocycles. The van der Waals surface area contributed by atoms with Gasteiger partial charge in [-0.05, 0) is 41.5 Å². The molecule has 0 aliphatic carbocycles. The van der Waals surface area contributed by atoms with Crippen molar-refractivity contribution < 1.29 is 4.79 Å². The van der Waals surface area contributed by atoms with Gasteiger partial charge in [0.1, 0.15) is 0 Å². The number of carbonyl (C=O) groups is 1. The monoisotopic (exact) mass is 229 g/mol. The van der Waals surface area contributed by atoms with Crippen LogP contribution >= 0.6 is 34.5 Å². The third kappa shape index (κ3) is 1.09. The van der Waals surface area contributed by atoms with Crippen molar-refractivity contribution in [2.45, 2.75) is 9.80 Å². The Morgan fingerprint density at radius 3 is 2.43 bits per heavy atom. The van der Waals surface area contributed by atoms with E-state index in [-0.39, 0.29) is 8.66 Å². The lowest BCUT2D eigenvalue weighted by Crippen LogP contribution is -2.14. The molecule has 0 spiro atoms. The van der Waals surface area contributed by atoms with Crippen LogP contribution in [0, 0.1) is 0 Å². The van der Waals surface area contributed by atoms with E-state index in [1.165, 1.54) is 11.9 Å². The zero-order valence-corrected chi connectivity index (χ0v) is 6.67. The Bertz CT molecular complexity index is 112. The van der Waals surface area contributed by atoms with E-state index in [0.29, 0.717) is 0 Å². The molecular weight excluding hydrogens is 225 g/mol. The summed E-state index contributed by atoms with van der Waals surface area (Å²) < 4.78 is 2.61. The second-order valence-corrected chi connectivity index (χ2v) is 4.73. The lowest BCUT2D eigenvalue weighted by atomic mass is 10.5. The summed E-state index contributed by atoms with van der Waals surface area (Å²) in [5.74, 6) is 0.193. The number of rotatable bonds is 1. The summed E-state index contributed by atoms with van der Waals surface area (Å²) in [6.07, 6.45) is 0. The van der Waals surface area contributed by atoms with Gasteiger partial charge < -0.3 is 0 Å². The van der Waals surface area contributed by atoms with Crippen molar-refractivity contribution in [1.82, 2.24) is 4.72 Å². The molecule has 0 aromatic rings. The zero-order valence-electron chi connectivity index (χ0n) is 3.69. The molecule has 1 atom stereocenters. The lowest BCUT2D eigenvalue weighted by molar-refractivity contribution is -0.116. The maximum atomic E-state index is 10.4. The Morgan fingerprint density at radius 2 is 2.43 bits per heavy atom.